The molecule has 0 spiro atoms. The van der Waals surface area contributed by atoms with E-state index in [2.05, 4.69) is 30.3 Å². The molecule has 1 aliphatic heterocycles. The number of hydrogen-bond acceptors (Lipinski definition) is 1. The number of ketones is 1. The van der Waals surface area contributed by atoms with E-state index in [4.69, 9.17) is 0 Å². The zero-order chi connectivity index (χ0) is 14.5. The van der Waals surface area contributed by atoms with Crippen molar-refractivity contribution >= 4 is 5.78 Å². The zero-order valence-corrected chi connectivity index (χ0v) is 12.3. The third-order valence-electron chi connectivity index (χ3n) is 4.45. The maximum absolute atomic E-state index is 12.1. The highest BCUT2D eigenvalue weighted by Gasteiger charge is 2.27. The van der Waals surface area contributed by atoms with E-state index in [1.165, 1.54) is 18.5 Å². The highest BCUT2D eigenvalue weighted by Crippen LogP contribution is 2.19. The number of hydrogen-bond donors (Lipinski definition) is 1. The van der Waals surface area contributed by atoms with Gasteiger partial charge in [0.25, 0.3) is 0 Å². The number of quaternary nitrogens is 1. The van der Waals surface area contributed by atoms with Crippen LogP contribution in [0.2, 0.25) is 0 Å². The van der Waals surface area contributed by atoms with Crippen molar-refractivity contribution < 1.29 is 9.69 Å². The van der Waals surface area contributed by atoms with Gasteiger partial charge >= 0.3 is 0 Å². The lowest BCUT2D eigenvalue weighted by Gasteiger charge is -2.13. The summed E-state index contributed by atoms with van der Waals surface area (Å²) in [5.41, 5.74) is 2.29. The zero-order valence-electron chi connectivity index (χ0n) is 12.3. The van der Waals surface area contributed by atoms with Crippen LogP contribution in [0.4, 0.5) is 0 Å². The van der Waals surface area contributed by atoms with Crippen molar-refractivity contribution in [1.82, 2.24) is 0 Å². The average Bonchev–Trinajstić information content (AvgIpc) is 3.03. The van der Waals surface area contributed by atoms with Crippen molar-refractivity contribution in [3.05, 3.63) is 71.8 Å². The number of carbonyl (C=O) groups excluding carboxylic acids is 1. The van der Waals surface area contributed by atoms with Crippen LogP contribution in [-0.2, 0) is 0 Å². The topological polar surface area (TPSA) is 21.5 Å². The predicted octanol–water partition coefficient (Wildman–Crippen LogP) is 2.33. The minimum Gasteiger partial charge on any atom is -0.334 e. The van der Waals surface area contributed by atoms with Gasteiger partial charge in [-0.2, -0.15) is 0 Å². The van der Waals surface area contributed by atoms with E-state index < -0.39 is 0 Å². The fraction of sp³-hybridized carbons (Fsp3) is 0.316. The van der Waals surface area contributed by atoms with Crippen molar-refractivity contribution in [2.24, 2.45) is 0 Å². The molecule has 21 heavy (non-hydrogen) atoms. The summed E-state index contributed by atoms with van der Waals surface area (Å²) in [7, 11) is 0. The number of carbonyl (C=O) groups is 1. The van der Waals surface area contributed by atoms with Gasteiger partial charge in [0.05, 0.1) is 26.1 Å². The summed E-state index contributed by atoms with van der Waals surface area (Å²) in [5, 5.41) is 0. The first kappa shape index (κ1) is 14.0. The Bertz CT molecular complexity index is 579. The van der Waals surface area contributed by atoms with E-state index >= 15 is 0 Å². The molecule has 2 aromatic carbocycles. The summed E-state index contributed by atoms with van der Waals surface area (Å²) in [4.78, 5) is 13.7. The highest BCUT2D eigenvalue weighted by molar-refractivity contribution is 5.96. The summed E-state index contributed by atoms with van der Waals surface area (Å²) in [6, 6.07) is 20.4. The molecule has 1 fully saturated rings. The second-order valence-corrected chi connectivity index (χ2v) is 5.89. The molecule has 0 radical (unpaired) electrons. The SMILES string of the molecule is O=C(CC[NH+]1CCC(c2ccccc2)C1)c1ccccc1. The largest absolute Gasteiger partial charge is 0.334 e. The van der Waals surface area contributed by atoms with Crippen molar-refractivity contribution in [3.8, 4) is 0 Å². The second-order valence-electron chi connectivity index (χ2n) is 5.89. The van der Waals surface area contributed by atoms with Crippen LogP contribution in [0, 0.1) is 0 Å². The lowest BCUT2D eigenvalue weighted by molar-refractivity contribution is -0.887. The van der Waals surface area contributed by atoms with Crippen LogP contribution < -0.4 is 4.90 Å². The number of rotatable bonds is 5. The lowest BCUT2D eigenvalue weighted by atomic mass is 9.99. The molecule has 1 saturated heterocycles. The van der Waals surface area contributed by atoms with Crippen LogP contribution in [0.25, 0.3) is 0 Å². The Morgan fingerprint density at radius 2 is 1.67 bits per heavy atom. The van der Waals surface area contributed by atoms with Gasteiger partial charge in [-0.15, -0.1) is 0 Å². The van der Waals surface area contributed by atoms with Gasteiger partial charge in [0.2, 0.25) is 0 Å². The van der Waals surface area contributed by atoms with Crippen LogP contribution in [0.1, 0.15) is 34.7 Å². The molecule has 2 aromatic rings. The van der Waals surface area contributed by atoms with Crippen LogP contribution in [0.3, 0.4) is 0 Å². The molecule has 0 amide bonds. The molecule has 2 unspecified atom stereocenters. The molecule has 108 valence electrons. The van der Waals surface area contributed by atoms with Gasteiger partial charge in [-0.3, -0.25) is 4.79 Å². The van der Waals surface area contributed by atoms with Crippen molar-refractivity contribution in [2.45, 2.75) is 18.8 Å². The van der Waals surface area contributed by atoms with E-state index in [0.29, 0.717) is 12.3 Å². The van der Waals surface area contributed by atoms with E-state index in [9.17, 15) is 4.79 Å². The smallest absolute Gasteiger partial charge is 0.168 e. The Morgan fingerprint density at radius 1 is 1.00 bits per heavy atom. The van der Waals surface area contributed by atoms with E-state index in [1.807, 2.05) is 30.3 Å². The molecule has 0 aliphatic carbocycles. The quantitative estimate of drug-likeness (QED) is 0.834. The Kier molecular flexibility index (Phi) is 4.46. The Balaban J connectivity index is 1.50. The van der Waals surface area contributed by atoms with Crippen molar-refractivity contribution in [3.63, 3.8) is 0 Å². The standard InChI is InChI=1S/C19H21NO/c21-19(17-9-5-2-6-10-17)12-14-20-13-11-18(15-20)16-7-3-1-4-8-16/h1-10,18H,11-15H2/p+1. The minimum absolute atomic E-state index is 0.270. The third-order valence-corrected chi connectivity index (χ3v) is 4.45. The summed E-state index contributed by atoms with van der Waals surface area (Å²) in [5.74, 6) is 0.930. The van der Waals surface area contributed by atoms with Gasteiger partial charge < -0.3 is 4.90 Å². The molecular weight excluding hydrogens is 258 g/mol. The monoisotopic (exact) mass is 280 g/mol. The van der Waals surface area contributed by atoms with Crippen LogP contribution in [-0.4, -0.2) is 25.4 Å². The van der Waals surface area contributed by atoms with Gasteiger partial charge in [0.1, 0.15) is 0 Å². The first-order valence-corrected chi connectivity index (χ1v) is 7.79. The average molecular weight is 280 g/mol. The molecule has 2 heteroatoms. The molecule has 1 aliphatic rings. The van der Waals surface area contributed by atoms with Crippen LogP contribution >= 0.6 is 0 Å². The molecule has 2 nitrogen and oxygen atoms in total. The van der Waals surface area contributed by atoms with E-state index in [0.717, 1.165) is 18.7 Å². The summed E-state index contributed by atoms with van der Waals surface area (Å²) >= 11 is 0. The van der Waals surface area contributed by atoms with Gasteiger partial charge in [0, 0.05) is 17.9 Å². The van der Waals surface area contributed by atoms with Crippen molar-refractivity contribution in [2.75, 3.05) is 19.6 Å². The number of likely N-dealkylation sites (tertiary alicyclic amines) is 1. The maximum Gasteiger partial charge on any atom is 0.168 e. The molecule has 2 atom stereocenters. The summed E-state index contributed by atoms with van der Waals surface area (Å²) in [6.07, 6.45) is 1.89. The lowest BCUT2D eigenvalue weighted by Crippen LogP contribution is -3.10. The van der Waals surface area contributed by atoms with E-state index in [-0.39, 0.29) is 5.78 Å². The molecule has 3 rings (SSSR count). The third kappa shape index (κ3) is 3.59. The molecule has 1 N–H and O–H groups in total. The Hall–Kier alpha value is -1.93. The van der Waals surface area contributed by atoms with Crippen molar-refractivity contribution in [1.29, 1.82) is 0 Å². The van der Waals surface area contributed by atoms with Gasteiger partial charge in [-0.25, -0.2) is 0 Å². The highest BCUT2D eigenvalue weighted by atomic mass is 16.1. The normalized spacial score (nSPS) is 21.3. The fourth-order valence-corrected chi connectivity index (χ4v) is 3.23. The molecule has 0 saturated carbocycles. The van der Waals surface area contributed by atoms with E-state index in [1.54, 1.807) is 4.90 Å². The fourth-order valence-electron chi connectivity index (χ4n) is 3.23. The maximum atomic E-state index is 12.1. The number of Topliss-reactive ketones (excluding diaryl/α,β-unsaturated/α-hetero) is 1. The minimum atomic E-state index is 0.270. The van der Waals surface area contributed by atoms with Crippen LogP contribution in [0.5, 0.6) is 0 Å². The second kappa shape index (κ2) is 6.68. The Morgan fingerprint density at radius 3 is 2.38 bits per heavy atom. The predicted molar refractivity (Wildman–Crippen MR) is 84.8 cm³/mol. The first-order valence-electron chi connectivity index (χ1n) is 7.79. The van der Waals surface area contributed by atoms with Gasteiger partial charge in [-0.1, -0.05) is 60.7 Å². The Labute approximate surface area is 126 Å². The number of nitrogens with one attached hydrogen (secondary N) is 1. The summed E-state index contributed by atoms with van der Waals surface area (Å²) in [6.45, 7) is 3.30. The molecule has 0 aromatic heterocycles. The number of benzene rings is 2. The molecule has 0 bridgehead atoms. The van der Waals surface area contributed by atoms with Crippen LogP contribution in [0.15, 0.2) is 60.7 Å². The molecular formula is C19H22NO+. The first-order chi connectivity index (χ1) is 10.3. The summed E-state index contributed by atoms with van der Waals surface area (Å²) < 4.78 is 0. The van der Waals surface area contributed by atoms with Gasteiger partial charge in [-0.05, 0) is 5.56 Å². The van der Waals surface area contributed by atoms with Gasteiger partial charge in [0.15, 0.2) is 5.78 Å². The molecule has 1 heterocycles.